The van der Waals surface area contributed by atoms with E-state index in [2.05, 4.69) is 46.4 Å². The summed E-state index contributed by atoms with van der Waals surface area (Å²) in [6.45, 7) is 12.2. The van der Waals surface area contributed by atoms with Crippen molar-refractivity contribution in [1.82, 2.24) is 0 Å². The Morgan fingerprint density at radius 2 is 1.43 bits per heavy atom. The Kier molecular flexibility index (Phi) is 6.15. The molecule has 0 aromatic rings. The monoisotopic (exact) mass is 217 g/mol. The molecule has 0 fully saturated rings. The standard InChI is InChI=1S/C12H27NS/c1-6-8-12(10-13,9-7-2)14-11(3,4)5/h6-10,13H2,1-5H3. The van der Waals surface area contributed by atoms with Crippen LogP contribution in [0, 0.1) is 0 Å². The summed E-state index contributed by atoms with van der Waals surface area (Å²) in [5.41, 5.74) is 5.97. The van der Waals surface area contributed by atoms with Gasteiger partial charge in [0.15, 0.2) is 0 Å². The molecule has 2 heteroatoms. The Morgan fingerprint density at radius 1 is 1.00 bits per heavy atom. The molecule has 0 aliphatic heterocycles. The maximum absolute atomic E-state index is 5.97. The van der Waals surface area contributed by atoms with Crippen LogP contribution in [0.1, 0.15) is 60.3 Å². The van der Waals surface area contributed by atoms with Crippen LogP contribution in [0.15, 0.2) is 0 Å². The van der Waals surface area contributed by atoms with Gasteiger partial charge in [0.2, 0.25) is 0 Å². The molecule has 0 heterocycles. The number of hydrogen-bond acceptors (Lipinski definition) is 2. The fraction of sp³-hybridized carbons (Fsp3) is 1.00. The lowest BCUT2D eigenvalue weighted by atomic mass is 9.97. The molecule has 0 atom stereocenters. The third-order valence-electron chi connectivity index (χ3n) is 2.31. The predicted molar refractivity (Wildman–Crippen MR) is 68.9 cm³/mol. The van der Waals surface area contributed by atoms with Crippen molar-refractivity contribution in [2.75, 3.05) is 6.54 Å². The summed E-state index contributed by atoms with van der Waals surface area (Å²) in [5.74, 6) is 0. The first kappa shape index (κ1) is 14.3. The lowest BCUT2D eigenvalue weighted by molar-refractivity contribution is 0.492. The molecule has 0 aliphatic carbocycles. The molecule has 0 amide bonds. The minimum atomic E-state index is 0.321. The van der Waals surface area contributed by atoms with Crippen molar-refractivity contribution < 1.29 is 0 Å². The summed E-state index contributed by atoms with van der Waals surface area (Å²) in [7, 11) is 0. The molecule has 0 unspecified atom stereocenters. The summed E-state index contributed by atoms with van der Waals surface area (Å²) in [4.78, 5) is 0. The summed E-state index contributed by atoms with van der Waals surface area (Å²) in [5, 5.41) is 0. The van der Waals surface area contributed by atoms with Crippen molar-refractivity contribution in [1.29, 1.82) is 0 Å². The molecule has 0 saturated heterocycles. The molecule has 0 radical (unpaired) electrons. The van der Waals surface area contributed by atoms with Crippen LogP contribution in [0.25, 0.3) is 0 Å². The van der Waals surface area contributed by atoms with Crippen LogP contribution in [0.4, 0.5) is 0 Å². The fourth-order valence-electron chi connectivity index (χ4n) is 2.03. The van der Waals surface area contributed by atoms with Gasteiger partial charge in [0.1, 0.15) is 0 Å². The summed E-state index contributed by atoms with van der Waals surface area (Å²) in [6, 6.07) is 0. The number of hydrogen-bond donors (Lipinski definition) is 1. The zero-order valence-electron chi connectivity index (χ0n) is 10.5. The lowest BCUT2D eigenvalue weighted by Gasteiger charge is -2.37. The first-order valence-electron chi connectivity index (χ1n) is 5.79. The van der Waals surface area contributed by atoms with Gasteiger partial charge in [-0.05, 0) is 12.8 Å². The molecule has 14 heavy (non-hydrogen) atoms. The third kappa shape index (κ3) is 5.26. The molecular formula is C12H27NS. The second kappa shape index (κ2) is 6.02. The van der Waals surface area contributed by atoms with Crippen LogP contribution in [0.2, 0.25) is 0 Å². The van der Waals surface area contributed by atoms with Gasteiger partial charge in [-0.15, -0.1) is 11.8 Å². The molecule has 0 saturated carbocycles. The van der Waals surface area contributed by atoms with Crippen LogP contribution in [-0.4, -0.2) is 16.0 Å². The van der Waals surface area contributed by atoms with E-state index in [4.69, 9.17) is 5.73 Å². The minimum Gasteiger partial charge on any atom is -0.329 e. The zero-order chi connectivity index (χ0) is 11.2. The van der Waals surface area contributed by atoms with E-state index in [1.807, 2.05) is 0 Å². The van der Waals surface area contributed by atoms with E-state index in [1.165, 1.54) is 25.7 Å². The topological polar surface area (TPSA) is 26.0 Å². The van der Waals surface area contributed by atoms with Gasteiger partial charge >= 0.3 is 0 Å². The quantitative estimate of drug-likeness (QED) is 0.732. The van der Waals surface area contributed by atoms with Crippen LogP contribution < -0.4 is 5.73 Å². The van der Waals surface area contributed by atoms with Gasteiger partial charge in [-0.3, -0.25) is 0 Å². The fourth-order valence-corrected chi connectivity index (χ4v) is 4.03. The third-order valence-corrected chi connectivity index (χ3v) is 3.93. The molecule has 0 aromatic carbocycles. The van der Waals surface area contributed by atoms with Crippen molar-refractivity contribution in [2.24, 2.45) is 5.73 Å². The van der Waals surface area contributed by atoms with Crippen LogP contribution in [-0.2, 0) is 0 Å². The van der Waals surface area contributed by atoms with Gasteiger partial charge in [0.25, 0.3) is 0 Å². The Balaban J connectivity index is 4.48. The van der Waals surface area contributed by atoms with Crippen molar-refractivity contribution in [3.63, 3.8) is 0 Å². The average molecular weight is 217 g/mol. The first-order chi connectivity index (χ1) is 6.39. The van der Waals surface area contributed by atoms with Gasteiger partial charge in [-0.2, -0.15) is 0 Å². The summed E-state index contributed by atoms with van der Waals surface area (Å²) in [6.07, 6.45) is 4.97. The highest BCUT2D eigenvalue weighted by atomic mass is 32.2. The first-order valence-corrected chi connectivity index (χ1v) is 6.61. The zero-order valence-corrected chi connectivity index (χ0v) is 11.3. The van der Waals surface area contributed by atoms with Crippen molar-refractivity contribution in [3.8, 4) is 0 Å². The molecule has 0 aliphatic rings. The van der Waals surface area contributed by atoms with E-state index < -0.39 is 0 Å². The average Bonchev–Trinajstić information content (AvgIpc) is 2.02. The molecule has 86 valence electrons. The van der Waals surface area contributed by atoms with Crippen LogP contribution in [0.3, 0.4) is 0 Å². The number of thioether (sulfide) groups is 1. The highest BCUT2D eigenvalue weighted by Crippen LogP contribution is 2.42. The van der Waals surface area contributed by atoms with E-state index in [1.54, 1.807) is 0 Å². The second-order valence-electron chi connectivity index (χ2n) is 5.10. The second-order valence-corrected chi connectivity index (χ2v) is 7.40. The molecule has 2 N–H and O–H groups in total. The van der Waals surface area contributed by atoms with E-state index in [0.29, 0.717) is 9.49 Å². The highest BCUT2D eigenvalue weighted by Gasteiger charge is 2.32. The normalized spacial score (nSPS) is 13.3. The number of nitrogens with two attached hydrogens (primary N) is 1. The summed E-state index contributed by atoms with van der Waals surface area (Å²) < 4.78 is 0.644. The van der Waals surface area contributed by atoms with Crippen molar-refractivity contribution in [2.45, 2.75) is 69.8 Å². The van der Waals surface area contributed by atoms with Gasteiger partial charge in [0, 0.05) is 16.0 Å². The Hall–Kier alpha value is 0.310. The van der Waals surface area contributed by atoms with E-state index in [-0.39, 0.29) is 0 Å². The molecular weight excluding hydrogens is 190 g/mol. The number of rotatable bonds is 6. The minimum absolute atomic E-state index is 0.321. The SMILES string of the molecule is CCCC(CN)(CCC)SC(C)(C)C. The Bertz CT molecular complexity index is 143. The van der Waals surface area contributed by atoms with Gasteiger partial charge in [0.05, 0.1) is 0 Å². The van der Waals surface area contributed by atoms with Gasteiger partial charge < -0.3 is 5.73 Å². The van der Waals surface area contributed by atoms with Crippen LogP contribution in [0.5, 0.6) is 0 Å². The molecule has 0 rings (SSSR count). The smallest absolute Gasteiger partial charge is 0.0287 e. The molecule has 1 nitrogen and oxygen atoms in total. The molecule has 0 aromatic heterocycles. The largest absolute Gasteiger partial charge is 0.329 e. The highest BCUT2D eigenvalue weighted by molar-refractivity contribution is 8.02. The Morgan fingerprint density at radius 3 is 1.64 bits per heavy atom. The lowest BCUT2D eigenvalue weighted by Crippen LogP contribution is -2.37. The predicted octanol–water partition coefficient (Wildman–Crippen LogP) is 3.82. The van der Waals surface area contributed by atoms with Crippen LogP contribution >= 0.6 is 11.8 Å². The Labute approximate surface area is 94.2 Å². The summed E-state index contributed by atoms with van der Waals surface area (Å²) >= 11 is 2.07. The van der Waals surface area contributed by atoms with Gasteiger partial charge in [-0.1, -0.05) is 47.5 Å². The van der Waals surface area contributed by atoms with E-state index >= 15 is 0 Å². The maximum Gasteiger partial charge on any atom is 0.0287 e. The molecule has 0 spiro atoms. The van der Waals surface area contributed by atoms with Gasteiger partial charge in [-0.25, -0.2) is 0 Å². The van der Waals surface area contributed by atoms with E-state index in [0.717, 1.165) is 6.54 Å². The maximum atomic E-state index is 5.97. The van der Waals surface area contributed by atoms with Crippen molar-refractivity contribution >= 4 is 11.8 Å². The molecule has 0 bridgehead atoms. The van der Waals surface area contributed by atoms with E-state index in [9.17, 15) is 0 Å². The van der Waals surface area contributed by atoms with Crippen molar-refractivity contribution in [3.05, 3.63) is 0 Å².